The molecule has 0 atom stereocenters. The van der Waals surface area contributed by atoms with Gasteiger partial charge in [0.15, 0.2) is 5.49 Å². The molecule has 1 aromatic carbocycles. The van der Waals surface area contributed by atoms with E-state index < -0.39 is 11.9 Å². The molecule has 0 spiro atoms. The van der Waals surface area contributed by atoms with Crippen molar-refractivity contribution in [2.24, 2.45) is 4.99 Å². The Kier molecular flexibility index (Phi) is 7.53. The third-order valence-corrected chi connectivity index (χ3v) is 6.04. The molecule has 0 saturated heterocycles. The molecule has 0 unspecified atom stereocenters. The van der Waals surface area contributed by atoms with E-state index in [4.69, 9.17) is 37.7 Å². The summed E-state index contributed by atoms with van der Waals surface area (Å²) in [6, 6.07) is 9.31. The van der Waals surface area contributed by atoms with Gasteiger partial charge in [-0.2, -0.15) is 4.99 Å². The van der Waals surface area contributed by atoms with Crippen molar-refractivity contribution in [2.45, 2.75) is 20.4 Å². The van der Waals surface area contributed by atoms with Crippen molar-refractivity contribution < 1.29 is 19.1 Å². The molecule has 186 valence electrons. The first-order valence-electron chi connectivity index (χ1n) is 11.0. The molecule has 0 aliphatic carbocycles. The Bertz CT molecular complexity index is 1640. The molecule has 0 aliphatic rings. The van der Waals surface area contributed by atoms with E-state index in [9.17, 15) is 14.4 Å². The summed E-state index contributed by atoms with van der Waals surface area (Å²) in [4.78, 5) is 48.6. The zero-order valence-corrected chi connectivity index (χ0v) is 21.3. The Balaban J connectivity index is 2.14. The molecule has 4 rings (SSSR count). The highest BCUT2D eigenvalue weighted by atomic mass is 35.5. The van der Waals surface area contributed by atoms with Crippen molar-refractivity contribution in [2.75, 3.05) is 20.3 Å². The van der Waals surface area contributed by atoms with Gasteiger partial charge in [0, 0.05) is 24.9 Å². The van der Waals surface area contributed by atoms with Crippen molar-refractivity contribution >= 4 is 51.8 Å². The molecule has 0 saturated carbocycles. The van der Waals surface area contributed by atoms with Crippen LogP contribution in [-0.4, -0.2) is 46.2 Å². The number of methoxy groups -OCH3 is 1. The first-order valence-corrected chi connectivity index (χ1v) is 11.8. The monoisotopic (exact) mass is 528 g/mol. The lowest BCUT2D eigenvalue weighted by Crippen LogP contribution is -2.33. The van der Waals surface area contributed by atoms with E-state index >= 15 is 0 Å². The molecule has 0 fully saturated rings. The Morgan fingerprint density at radius 2 is 1.89 bits per heavy atom. The first-order chi connectivity index (χ1) is 17.3. The van der Waals surface area contributed by atoms with Gasteiger partial charge in [0.2, 0.25) is 0 Å². The normalized spacial score (nSPS) is 11.9. The van der Waals surface area contributed by atoms with E-state index in [0.717, 1.165) is 5.56 Å². The van der Waals surface area contributed by atoms with Crippen LogP contribution in [0.15, 0.2) is 52.4 Å². The fraction of sp³-hybridized carbons (Fsp3) is 0.240. The van der Waals surface area contributed by atoms with Gasteiger partial charge in [0.1, 0.15) is 16.9 Å². The van der Waals surface area contributed by atoms with E-state index in [1.54, 1.807) is 19.2 Å². The molecule has 3 heterocycles. The number of carbonyl (C=O) groups is 2. The highest BCUT2D eigenvalue weighted by molar-refractivity contribution is 6.36. The van der Waals surface area contributed by atoms with Crippen LogP contribution in [0.5, 0.6) is 0 Å². The predicted molar refractivity (Wildman–Crippen MR) is 136 cm³/mol. The minimum Gasteiger partial charge on any atom is -0.462 e. The number of benzene rings is 1. The second kappa shape index (κ2) is 10.6. The van der Waals surface area contributed by atoms with E-state index in [0.29, 0.717) is 10.7 Å². The van der Waals surface area contributed by atoms with Gasteiger partial charge in [-0.1, -0.05) is 29.3 Å². The van der Waals surface area contributed by atoms with Crippen LogP contribution in [0.25, 0.3) is 16.7 Å². The molecule has 0 radical (unpaired) electrons. The fourth-order valence-corrected chi connectivity index (χ4v) is 4.27. The maximum Gasteiger partial charge on any atom is 0.341 e. The van der Waals surface area contributed by atoms with Crippen molar-refractivity contribution in [1.82, 2.24) is 14.0 Å². The Labute approximate surface area is 215 Å². The third-order valence-electron chi connectivity index (χ3n) is 5.49. The van der Waals surface area contributed by atoms with E-state index in [1.807, 2.05) is 13.0 Å². The zero-order valence-electron chi connectivity index (χ0n) is 19.7. The van der Waals surface area contributed by atoms with Gasteiger partial charge in [0.05, 0.1) is 29.2 Å². The lowest BCUT2D eigenvalue weighted by Gasteiger charge is -2.15. The molecule has 0 N–H and O–H groups in total. The average Bonchev–Trinajstić information content (AvgIpc) is 2.84. The van der Waals surface area contributed by atoms with Crippen LogP contribution in [0, 0.1) is 6.92 Å². The number of nitrogens with zero attached hydrogens (tertiary/aromatic N) is 4. The van der Waals surface area contributed by atoms with Crippen molar-refractivity contribution in [1.29, 1.82) is 0 Å². The molecule has 3 aromatic heterocycles. The SMILES string of the molecule is CCOC(=O)c1cc2c(=O)n3cccc(C)c3nc2n(CCOC)c1=NC(=O)c1ccc(Cl)cc1Cl. The topological polar surface area (TPSA) is 104 Å². The van der Waals surface area contributed by atoms with Gasteiger partial charge in [-0.15, -0.1) is 0 Å². The van der Waals surface area contributed by atoms with Crippen LogP contribution >= 0.6 is 23.2 Å². The van der Waals surface area contributed by atoms with Crippen LogP contribution in [-0.2, 0) is 16.0 Å². The van der Waals surface area contributed by atoms with Gasteiger partial charge in [0.25, 0.3) is 11.5 Å². The van der Waals surface area contributed by atoms with Gasteiger partial charge < -0.3 is 14.0 Å². The molecular formula is C25H22Cl2N4O5. The third kappa shape index (κ3) is 4.77. The minimum atomic E-state index is -0.743. The largest absolute Gasteiger partial charge is 0.462 e. The summed E-state index contributed by atoms with van der Waals surface area (Å²) < 4.78 is 13.4. The van der Waals surface area contributed by atoms with Crippen LogP contribution in [0.3, 0.4) is 0 Å². The second-order valence-electron chi connectivity index (χ2n) is 7.83. The summed E-state index contributed by atoms with van der Waals surface area (Å²) in [6.07, 6.45) is 1.60. The molecule has 1 amide bonds. The minimum absolute atomic E-state index is 0.0288. The summed E-state index contributed by atoms with van der Waals surface area (Å²) in [7, 11) is 1.51. The highest BCUT2D eigenvalue weighted by Gasteiger charge is 2.21. The van der Waals surface area contributed by atoms with Crippen LogP contribution in [0.4, 0.5) is 0 Å². The van der Waals surface area contributed by atoms with Crippen LogP contribution in [0.1, 0.15) is 33.2 Å². The number of rotatable bonds is 6. The number of hydrogen-bond acceptors (Lipinski definition) is 6. The fourth-order valence-electron chi connectivity index (χ4n) is 3.78. The molecular weight excluding hydrogens is 507 g/mol. The quantitative estimate of drug-likeness (QED) is 0.278. The number of hydrogen-bond donors (Lipinski definition) is 0. The van der Waals surface area contributed by atoms with Gasteiger partial charge in [-0.25, -0.2) is 9.78 Å². The standard InChI is InChI=1S/C25H22Cl2N4O5/c1-4-36-25(34)18-13-17-21(28-20-14(2)6-5-9-31(20)24(17)33)30(10-11-35-3)22(18)29-23(32)16-8-7-15(26)12-19(16)27/h5-9,12-13H,4,10-11H2,1-3H3. The average molecular weight is 529 g/mol. The molecule has 36 heavy (non-hydrogen) atoms. The number of pyridine rings is 2. The Morgan fingerprint density at radius 3 is 2.58 bits per heavy atom. The van der Waals surface area contributed by atoms with E-state index in [-0.39, 0.29) is 58.0 Å². The molecule has 11 heteroatoms. The summed E-state index contributed by atoms with van der Waals surface area (Å²) in [5.41, 5.74) is 1.07. The molecule has 0 bridgehead atoms. The predicted octanol–water partition coefficient (Wildman–Crippen LogP) is 3.83. The summed E-state index contributed by atoms with van der Waals surface area (Å²) in [6.45, 7) is 3.91. The second-order valence-corrected chi connectivity index (χ2v) is 8.67. The smallest absolute Gasteiger partial charge is 0.341 e. The maximum absolute atomic E-state index is 13.4. The number of esters is 1. The number of carbonyl (C=O) groups excluding carboxylic acids is 2. The van der Waals surface area contributed by atoms with E-state index in [2.05, 4.69) is 4.99 Å². The summed E-state index contributed by atoms with van der Waals surface area (Å²) in [5, 5.41) is 0.626. The number of amides is 1. The first kappa shape index (κ1) is 25.6. The van der Waals surface area contributed by atoms with Crippen molar-refractivity contribution in [3.8, 4) is 0 Å². The number of aromatic nitrogens is 3. The molecule has 9 nitrogen and oxygen atoms in total. The summed E-state index contributed by atoms with van der Waals surface area (Å²) >= 11 is 12.2. The highest BCUT2D eigenvalue weighted by Crippen LogP contribution is 2.22. The lowest BCUT2D eigenvalue weighted by atomic mass is 10.2. The van der Waals surface area contributed by atoms with Gasteiger partial charge in [-0.05, 0) is 49.7 Å². The maximum atomic E-state index is 13.4. The van der Waals surface area contributed by atoms with Crippen LogP contribution < -0.4 is 11.0 Å². The Morgan fingerprint density at radius 1 is 1.11 bits per heavy atom. The lowest BCUT2D eigenvalue weighted by molar-refractivity contribution is 0.0523. The van der Waals surface area contributed by atoms with Crippen molar-refractivity contribution in [3.63, 3.8) is 0 Å². The van der Waals surface area contributed by atoms with Gasteiger partial charge in [-0.3, -0.25) is 14.0 Å². The molecule has 0 aliphatic heterocycles. The number of ether oxygens (including phenoxy) is 2. The van der Waals surface area contributed by atoms with Gasteiger partial charge >= 0.3 is 5.97 Å². The zero-order chi connectivity index (χ0) is 26.0. The number of fused-ring (bicyclic) bond motifs is 2. The van der Waals surface area contributed by atoms with Crippen LogP contribution in [0.2, 0.25) is 10.0 Å². The molecule has 4 aromatic rings. The van der Waals surface area contributed by atoms with Crippen molar-refractivity contribution in [3.05, 3.63) is 85.2 Å². The number of aryl methyl sites for hydroxylation is 1. The Hall–Kier alpha value is -3.53. The van der Waals surface area contributed by atoms with E-state index in [1.165, 1.54) is 40.3 Å². The summed E-state index contributed by atoms with van der Waals surface area (Å²) in [5.74, 6) is -1.45. The number of halogens is 2.